The van der Waals surface area contributed by atoms with Crippen molar-refractivity contribution < 1.29 is 30.0 Å². The van der Waals surface area contributed by atoms with E-state index < -0.39 is 24.1 Å². The Kier molecular flexibility index (Phi) is 16.5. The second-order valence-corrected chi connectivity index (χ2v) is 5.95. The summed E-state index contributed by atoms with van der Waals surface area (Å²) in [7, 11) is 0. The zero-order valence-electron chi connectivity index (χ0n) is 14.7. The van der Waals surface area contributed by atoms with E-state index >= 15 is 0 Å². The van der Waals surface area contributed by atoms with Crippen LogP contribution in [0.5, 0.6) is 0 Å². The highest BCUT2D eigenvalue weighted by Gasteiger charge is 2.16. The molecule has 0 bridgehead atoms. The summed E-state index contributed by atoms with van der Waals surface area (Å²) in [6, 6.07) is 0. The van der Waals surface area contributed by atoms with Crippen molar-refractivity contribution in [2.45, 2.75) is 90.8 Å². The minimum Gasteiger partial charge on any atom is -0.481 e. The molecule has 0 aliphatic heterocycles. The molecule has 4 N–H and O–H groups in total. The first-order chi connectivity index (χ1) is 10.7. The maximum atomic E-state index is 9.90. The molecule has 0 aliphatic rings. The lowest BCUT2D eigenvalue weighted by atomic mass is 9.92. The first-order valence-corrected chi connectivity index (χ1v) is 8.54. The van der Waals surface area contributed by atoms with Crippen LogP contribution in [0.15, 0.2) is 0 Å². The molecule has 0 amide bonds. The van der Waals surface area contributed by atoms with Gasteiger partial charge in [-0.15, -0.1) is 0 Å². The third kappa shape index (κ3) is 18.8. The first kappa shape index (κ1) is 24.1. The Morgan fingerprint density at radius 3 is 1.70 bits per heavy atom. The Hall–Kier alpha value is -1.14. The van der Waals surface area contributed by atoms with Crippen molar-refractivity contribution in [1.82, 2.24) is 0 Å². The van der Waals surface area contributed by atoms with Crippen molar-refractivity contribution >= 4 is 11.9 Å². The lowest BCUT2D eigenvalue weighted by Gasteiger charge is -2.20. The summed E-state index contributed by atoms with van der Waals surface area (Å²) in [5.41, 5.74) is 0. The second-order valence-electron chi connectivity index (χ2n) is 5.95. The van der Waals surface area contributed by atoms with Gasteiger partial charge in [0.05, 0.1) is 12.2 Å². The number of rotatable bonds is 12. The minimum atomic E-state index is -0.870. The smallest absolute Gasteiger partial charge is 0.303 e. The molecule has 0 saturated heterocycles. The number of hydrogen-bond donors (Lipinski definition) is 4. The van der Waals surface area contributed by atoms with Gasteiger partial charge in [-0.25, -0.2) is 0 Å². The Labute approximate surface area is 139 Å². The van der Waals surface area contributed by atoms with Crippen LogP contribution in [-0.2, 0) is 9.59 Å². The molecule has 3 atom stereocenters. The van der Waals surface area contributed by atoms with E-state index in [1.165, 1.54) is 19.3 Å². The molecule has 6 nitrogen and oxygen atoms in total. The summed E-state index contributed by atoms with van der Waals surface area (Å²) in [5, 5.41) is 34.9. The van der Waals surface area contributed by atoms with E-state index in [2.05, 4.69) is 13.8 Å². The summed E-state index contributed by atoms with van der Waals surface area (Å²) in [6.45, 7) is 5.98. The van der Waals surface area contributed by atoms with E-state index in [-0.39, 0.29) is 12.8 Å². The van der Waals surface area contributed by atoms with Crippen molar-refractivity contribution in [2.24, 2.45) is 5.92 Å². The minimum absolute atomic E-state index is 0.0628. The Morgan fingerprint density at radius 2 is 1.39 bits per heavy atom. The number of unbranched alkanes of at least 4 members (excludes halogenated alkanes) is 2. The topological polar surface area (TPSA) is 115 Å². The average Bonchev–Trinajstić information content (AvgIpc) is 2.47. The SMILES string of the molecule is CCCCC(CC)CC(O)C(C)O.O=C(O)CCCCC(=O)O. The lowest BCUT2D eigenvalue weighted by molar-refractivity contribution is -0.139. The molecule has 6 heteroatoms. The van der Waals surface area contributed by atoms with Crippen LogP contribution in [0.4, 0.5) is 0 Å². The zero-order chi connectivity index (χ0) is 18.3. The molecule has 0 spiro atoms. The Balaban J connectivity index is 0. The van der Waals surface area contributed by atoms with Crippen molar-refractivity contribution in [2.75, 3.05) is 0 Å². The molecule has 0 aromatic heterocycles. The van der Waals surface area contributed by atoms with Crippen LogP contribution in [-0.4, -0.2) is 44.6 Å². The summed E-state index contributed by atoms with van der Waals surface area (Å²) < 4.78 is 0. The normalized spacial score (nSPS) is 14.3. The molecular formula is C17H34O6. The van der Waals surface area contributed by atoms with Crippen molar-refractivity contribution in [3.63, 3.8) is 0 Å². The predicted molar refractivity (Wildman–Crippen MR) is 89.4 cm³/mol. The fourth-order valence-corrected chi connectivity index (χ4v) is 2.07. The van der Waals surface area contributed by atoms with E-state index in [0.29, 0.717) is 18.8 Å². The molecule has 0 radical (unpaired) electrons. The summed E-state index contributed by atoms with van der Waals surface area (Å²) in [6.07, 6.45) is 5.35. The van der Waals surface area contributed by atoms with Gasteiger partial charge in [-0.05, 0) is 32.1 Å². The number of carboxylic acids is 2. The quantitative estimate of drug-likeness (QED) is 0.408. The fourth-order valence-electron chi connectivity index (χ4n) is 2.07. The van der Waals surface area contributed by atoms with E-state index in [9.17, 15) is 14.7 Å². The van der Waals surface area contributed by atoms with Gasteiger partial charge in [-0.3, -0.25) is 9.59 Å². The third-order valence-electron chi connectivity index (χ3n) is 3.71. The molecule has 0 fully saturated rings. The molecule has 0 aromatic rings. The molecule has 0 saturated carbocycles. The van der Waals surface area contributed by atoms with Gasteiger partial charge in [0.15, 0.2) is 0 Å². The first-order valence-electron chi connectivity index (χ1n) is 8.54. The highest BCUT2D eigenvalue weighted by Crippen LogP contribution is 2.19. The van der Waals surface area contributed by atoms with Gasteiger partial charge in [0.1, 0.15) is 0 Å². The van der Waals surface area contributed by atoms with Gasteiger partial charge >= 0.3 is 11.9 Å². The van der Waals surface area contributed by atoms with Gasteiger partial charge in [0, 0.05) is 12.8 Å². The average molecular weight is 334 g/mol. The number of hydrogen-bond acceptors (Lipinski definition) is 4. The van der Waals surface area contributed by atoms with Crippen molar-refractivity contribution in [3.05, 3.63) is 0 Å². The van der Waals surface area contributed by atoms with Gasteiger partial charge in [-0.2, -0.15) is 0 Å². The Bertz CT molecular complexity index is 287. The number of aliphatic hydroxyl groups excluding tert-OH is 2. The van der Waals surface area contributed by atoms with E-state index in [4.69, 9.17) is 15.3 Å². The molecule has 0 rings (SSSR count). The van der Waals surface area contributed by atoms with Crippen LogP contribution in [0, 0.1) is 5.92 Å². The van der Waals surface area contributed by atoms with Gasteiger partial charge in [0.25, 0.3) is 0 Å². The van der Waals surface area contributed by atoms with E-state index in [0.717, 1.165) is 12.8 Å². The van der Waals surface area contributed by atoms with Gasteiger partial charge in [0.2, 0.25) is 0 Å². The van der Waals surface area contributed by atoms with Crippen LogP contribution in [0.1, 0.15) is 78.6 Å². The lowest BCUT2D eigenvalue weighted by Crippen LogP contribution is -2.25. The number of carbonyl (C=O) groups is 2. The number of aliphatic carboxylic acids is 2. The molecule has 0 aliphatic carbocycles. The van der Waals surface area contributed by atoms with Crippen LogP contribution >= 0.6 is 0 Å². The molecule has 0 aromatic carbocycles. The summed E-state index contributed by atoms with van der Waals surface area (Å²) >= 11 is 0. The van der Waals surface area contributed by atoms with Crippen molar-refractivity contribution in [3.8, 4) is 0 Å². The monoisotopic (exact) mass is 334 g/mol. The highest BCUT2D eigenvalue weighted by molar-refractivity contribution is 5.67. The number of aliphatic hydroxyl groups is 2. The summed E-state index contributed by atoms with van der Waals surface area (Å²) in [5.74, 6) is -1.17. The van der Waals surface area contributed by atoms with Crippen LogP contribution in [0.3, 0.4) is 0 Å². The van der Waals surface area contributed by atoms with Crippen molar-refractivity contribution in [1.29, 1.82) is 0 Å². The van der Waals surface area contributed by atoms with E-state index in [1.807, 2.05) is 0 Å². The molecular weight excluding hydrogens is 300 g/mol. The standard InChI is InChI=1S/C11H24O2.C6H10O4/c1-4-6-7-10(5-2)8-11(13)9(3)12;7-5(8)3-1-2-4-6(9)10/h9-13H,4-8H2,1-3H3;1-4H2,(H,7,8)(H,9,10). The number of carboxylic acid groups (broad SMARTS) is 2. The predicted octanol–water partition coefficient (Wildman–Crippen LogP) is 3.05. The third-order valence-corrected chi connectivity index (χ3v) is 3.71. The molecule has 138 valence electrons. The largest absolute Gasteiger partial charge is 0.481 e. The maximum absolute atomic E-state index is 9.90. The van der Waals surface area contributed by atoms with Gasteiger partial charge in [-0.1, -0.05) is 39.5 Å². The highest BCUT2D eigenvalue weighted by atomic mass is 16.4. The Morgan fingerprint density at radius 1 is 0.913 bits per heavy atom. The second kappa shape index (κ2) is 15.7. The molecule has 0 heterocycles. The van der Waals surface area contributed by atoms with Crippen LogP contribution in [0.25, 0.3) is 0 Å². The van der Waals surface area contributed by atoms with Crippen LogP contribution in [0.2, 0.25) is 0 Å². The maximum Gasteiger partial charge on any atom is 0.303 e. The molecule has 23 heavy (non-hydrogen) atoms. The van der Waals surface area contributed by atoms with E-state index in [1.54, 1.807) is 6.92 Å². The molecule has 3 unspecified atom stereocenters. The fraction of sp³-hybridized carbons (Fsp3) is 0.882. The van der Waals surface area contributed by atoms with Gasteiger partial charge < -0.3 is 20.4 Å². The van der Waals surface area contributed by atoms with Crippen LogP contribution < -0.4 is 0 Å². The summed E-state index contributed by atoms with van der Waals surface area (Å²) in [4.78, 5) is 19.8. The zero-order valence-corrected chi connectivity index (χ0v) is 14.7.